The molecule has 3 heteroatoms. The summed E-state index contributed by atoms with van der Waals surface area (Å²) in [7, 11) is 2.02. The molecule has 1 saturated carbocycles. The summed E-state index contributed by atoms with van der Waals surface area (Å²) in [6, 6.07) is 0.680. The van der Waals surface area contributed by atoms with Gasteiger partial charge in [0.15, 0.2) is 0 Å². The maximum Gasteiger partial charge on any atom is 0.0820 e. The van der Waals surface area contributed by atoms with E-state index >= 15 is 0 Å². The molecule has 13 heavy (non-hydrogen) atoms. The van der Waals surface area contributed by atoms with Crippen LogP contribution < -0.4 is 5.32 Å². The third-order valence-corrected chi connectivity index (χ3v) is 2.67. The van der Waals surface area contributed by atoms with E-state index in [1.165, 1.54) is 12.8 Å². The molecule has 0 atom stereocenters. The maximum atomic E-state index is 5.62. The highest BCUT2D eigenvalue weighted by Gasteiger charge is 2.19. The van der Waals surface area contributed by atoms with Gasteiger partial charge in [0.25, 0.3) is 0 Å². The summed E-state index contributed by atoms with van der Waals surface area (Å²) in [6.07, 6.45) is 5.07. The molecular formula is C10H18ClNO. The van der Waals surface area contributed by atoms with Crippen molar-refractivity contribution in [2.24, 2.45) is 0 Å². The summed E-state index contributed by atoms with van der Waals surface area (Å²) >= 11 is 5.62. The number of rotatable bonds is 4. The highest BCUT2D eigenvalue weighted by molar-refractivity contribution is 6.29. The third-order valence-electron chi connectivity index (χ3n) is 2.56. The predicted octanol–water partition coefficient (Wildman–Crippen LogP) is 2.29. The standard InChI is InChI=1S/C10H18ClNO/c1-8(11)7-13-10-5-3-9(12-2)4-6-10/h9-10,12H,1,3-7H2,2H3. The quantitative estimate of drug-likeness (QED) is 0.757. The molecule has 76 valence electrons. The van der Waals surface area contributed by atoms with Crippen molar-refractivity contribution in [2.45, 2.75) is 37.8 Å². The van der Waals surface area contributed by atoms with Gasteiger partial charge < -0.3 is 10.1 Å². The molecule has 0 aliphatic heterocycles. The topological polar surface area (TPSA) is 21.3 Å². The number of hydrogen-bond acceptors (Lipinski definition) is 2. The molecule has 0 amide bonds. The smallest absolute Gasteiger partial charge is 0.0820 e. The van der Waals surface area contributed by atoms with E-state index in [2.05, 4.69) is 11.9 Å². The fourth-order valence-corrected chi connectivity index (χ4v) is 1.79. The van der Waals surface area contributed by atoms with Gasteiger partial charge in [-0.2, -0.15) is 0 Å². The Morgan fingerprint density at radius 1 is 1.46 bits per heavy atom. The van der Waals surface area contributed by atoms with Crippen molar-refractivity contribution < 1.29 is 4.74 Å². The van der Waals surface area contributed by atoms with Crippen molar-refractivity contribution in [3.63, 3.8) is 0 Å². The number of ether oxygens (including phenoxy) is 1. The Morgan fingerprint density at radius 2 is 2.08 bits per heavy atom. The molecule has 0 aromatic heterocycles. The van der Waals surface area contributed by atoms with Gasteiger partial charge in [-0.05, 0) is 32.7 Å². The van der Waals surface area contributed by atoms with E-state index in [9.17, 15) is 0 Å². The molecule has 1 aliphatic rings. The van der Waals surface area contributed by atoms with Gasteiger partial charge in [0.05, 0.1) is 12.7 Å². The Balaban J connectivity index is 2.14. The normalized spacial score (nSPS) is 28.8. The van der Waals surface area contributed by atoms with Crippen LogP contribution in [-0.2, 0) is 4.74 Å². The van der Waals surface area contributed by atoms with E-state index < -0.39 is 0 Å². The van der Waals surface area contributed by atoms with Crippen LogP contribution in [0, 0.1) is 0 Å². The minimum atomic E-state index is 0.389. The van der Waals surface area contributed by atoms with Crippen LogP contribution in [0.15, 0.2) is 11.6 Å². The second kappa shape index (κ2) is 5.63. The lowest BCUT2D eigenvalue weighted by Gasteiger charge is -2.28. The van der Waals surface area contributed by atoms with Crippen molar-refractivity contribution in [1.29, 1.82) is 0 Å². The zero-order valence-electron chi connectivity index (χ0n) is 8.18. The van der Waals surface area contributed by atoms with Gasteiger partial charge in [-0.1, -0.05) is 18.2 Å². The predicted molar refractivity (Wildman–Crippen MR) is 56.0 cm³/mol. The minimum Gasteiger partial charge on any atom is -0.373 e. The van der Waals surface area contributed by atoms with Gasteiger partial charge in [-0.3, -0.25) is 0 Å². The number of halogens is 1. The van der Waals surface area contributed by atoms with Gasteiger partial charge in [-0.15, -0.1) is 0 Å². The summed E-state index contributed by atoms with van der Waals surface area (Å²) in [5.41, 5.74) is 0. The molecule has 0 aromatic carbocycles. The lowest BCUT2D eigenvalue weighted by molar-refractivity contribution is 0.0390. The SMILES string of the molecule is C=C(Cl)COC1CCC(NC)CC1. The Hall–Kier alpha value is -0.0500. The van der Waals surface area contributed by atoms with Crippen molar-refractivity contribution in [3.8, 4) is 0 Å². The molecule has 1 N–H and O–H groups in total. The summed E-state index contributed by atoms with van der Waals surface area (Å²) in [6.45, 7) is 4.10. The van der Waals surface area contributed by atoms with Crippen molar-refractivity contribution in [3.05, 3.63) is 11.6 Å². The third kappa shape index (κ3) is 4.12. The molecule has 0 heterocycles. The van der Waals surface area contributed by atoms with Crippen molar-refractivity contribution in [1.82, 2.24) is 5.32 Å². The highest BCUT2D eigenvalue weighted by Crippen LogP contribution is 2.21. The first-order valence-electron chi connectivity index (χ1n) is 4.84. The fraction of sp³-hybridized carbons (Fsp3) is 0.800. The van der Waals surface area contributed by atoms with E-state index in [1.807, 2.05) is 7.05 Å². The first-order valence-corrected chi connectivity index (χ1v) is 5.22. The van der Waals surface area contributed by atoms with Crippen LogP contribution in [0.4, 0.5) is 0 Å². The van der Waals surface area contributed by atoms with Crippen LogP contribution in [0.2, 0.25) is 0 Å². The van der Waals surface area contributed by atoms with Crippen LogP contribution in [0.25, 0.3) is 0 Å². The van der Waals surface area contributed by atoms with Gasteiger partial charge in [0, 0.05) is 11.1 Å². The molecular weight excluding hydrogens is 186 g/mol. The summed E-state index contributed by atoms with van der Waals surface area (Å²) in [5, 5.41) is 3.88. The Morgan fingerprint density at radius 3 is 2.54 bits per heavy atom. The first kappa shape index (κ1) is 11.0. The second-order valence-corrected chi connectivity index (χ2v) is 4.13. The van der Waals surface area contributed by atoms with Crippen LogP contribution >= 0.6 is 11.6 Å². The zero-order valence-corrected chi connectivity index (χ0v) is 8.94. The van der Waals surface area contributed by atoms with Gasteiger partial charge in [-0.25, -0.2) is 0 Å². The molecule has 1 fully saturated rings. The largest absolute Gasteiger partial charge is 0.373 e. The highest BCUT2D eigenvalue weighted by atomic mass is 35.5. The summed E-state index contributed by atoms with van der Waals surface area (Å²) in [4.78, 5) is 0. The molecule has 0 aromatic rings. The van der Waals surface area contributed by atoms with E-state index in [0.717, 1.165) is 12.8 Å². The second-order valence-electron chi connectivity index (χ2n) is 3.59. The first-order chi connectivity index (χ1) is 6.22. The van der Waals surface area contributed by atoms with Gasteiger partial charge in [0.1, 0.15) is 0 Å². The molecule has 0 bridgehead atoms. The molecule has 2 nitrogen and oxygen atoms in total. The average Bonchev–Trinajstić information content (AvgIpc) is 2.15. The Labute approximate surface area is 85.3 Å². The van der Waals surface area contributed by atoms with Crippen molar-refractivity contribution in [2.75, 3.05) is 13.7 Å². The van der Waals surface area contributed by atoms with Crippen LogP contribution in [0.5, 0.6) is 0 Å². The van der Waals surface area contributed by atoms with Crippen LogP contribution in [0.1, 0.15) is 25.7 Å². The summed E-state index contributed by atoms with van der Waals surface area (Å²) < 4.78 is 5.58. The fourth-order valence-electron chi connectivity index (χ4n) is 1.73. The van der Waals surface area contributed by atoms with Gasteiger partial charge in [0.2, 0.25) is 0 Å². The monoisotopic (exact) mass is 203 g/mol. The Kier molecular flexibility index (Phi) is 4.78. The summed E-state index contributed by atoms with van der Waals surface area (Å²) in [5.74, 6) is 0. The van der Waals surface area contributed by atoms with Crippen LogP contribution in [-0.4, -0.2) is 25.8 Å². The Bertz CT molecular complexity index is 164. The van der Waals surface area contributed by atoms with Gasteiger partial charge >= 0.3 is 0 Å². The van der Waals surface area contributed by atoms with E-state index in [0.29, 0.717) is 23.8 Å². The minimum absolute atomic E-state index is 0.389. The number of hydrogen-bond donors (Lipinski definition) is 1. The zero-order chi connectivity index (χ0) is 9.68. The lowest BCUT2D eigenvalue weighted by atomic mass is 9.93. The molecule has 1 aliphatic carbocycles. The molecule has 0 saturated heterocycles. The number of nitrogens with one attached hydrogen (secondary N) is 1. The lowest BCUT2D eigenvalue weighted by Crippen LogP contribution is -2.33. The van der Waals surface area contributed by atoms with Crippen LogP contribution in [0.3, 0.4) is 0 Å². The maximum absolute atomic E-state index is 5.62. The molecule has 0 unspecified atom stereocenters. The average molecular weight is 204 g/mol. The van der Waals surface area contributed by atoms with E-state index in [4.69, 9.17) is 16.3 Å². The molecule has 0 spiro atoms. The van der Waals surface area contributed by atoms with E-state index in [1.54, 1.807) is 0 Å². The molecule has 0 radical (unpaired) electrons. The van der Waals surface area contributed by atoms with Crippen molar-refractivity contribution >= 4 is 11.6 Å². The molecule has 1 rings (SSSR count). The van der Waals surface area contributed by atoms with E-state index in [-0.39, 0.29) is 0 Å².